The average molecular weight is 357 g/mol. The second-order valence-corrected chi connectivity index (χ2v) is 4.35. The average Bonchev–Trinajstić information content (AvgIpc) is 2.10. The number of methoxy groups -OCH3 is 1. The molecule has 0 fully saturated rings. The summed E-state index contributed by atoms with van der Waals surface area (Å²) in [6, 6.07) is 3.23. The zero-order chi connectivity index (χ0) is 10.0. The fraction of sp³-hybridized carbons (Fsp3) is 0.125. The minimum Gasteiger partial charge on any atom is -0.506 e. The fourth-order valence-electron chi connectivity index (χ4n) is 0.832. The molecule has 0 saturated heterocycles. The molecule has 0 aromatic heterocycles. The van der Waals surface area contributed by atoms with Crippen molar-refractivity contribution in [2.45, 2.75) is 0 Å². The molecular formula is C8H6BrIO3. The monoisotopic (exact) mass is 356 g/mol. The maximum absolute atomic E-state index is 11.1. The van der Waals surface area contributed by atoms with E-state index in [1.54, 1.807) is 6.07 Å². The topological polar surface area (TPSA) is 46.5 Å². The highest BCUT2D eigenvalue weighted by Gasteiger charge is 2.14. The van der Waals surface area contributed by atoms with Crippen molar-refractivity contribution in [3.63, 3.8) is 0 Å². The maximum Gasteiger partial charge on any atom is 0.341 e. The highest BCUT2D eigenvalue weighted by Crippen LogP contribution is 2.28. The molecule has 3 nitrogen and oxygen atoms in total. The van der Waals surface area contributed by atoms with Crippen molar-refractivity contribution >= 4 is 44.5 Å². The number of halogens is 2. The van der Waals surface area contributed by atoms with Gasteiger partial charge in [0.15, 0.2) is 0 Å². The molecule has 0 aliphatic rings. The highest BCUT2D eigenvalue weighted by molar-refractivity contribution is 14.1. The smallest absolute Gasteiger partial charge is 0.341 e. The van der Waals surface area contributed by atoms with Gasteiger partial charge in [-0.25, -0.2) is 4.79 Å². The van der Waals surface area contributed by atoms with Gasteiger partial charge >= 0.3 is 5.97 Å². The van der Waals surface area contributed by atoms with E-state index < -0.39 is 5.97 Å². The summed E-state index contributed by atoms with van der Waals surface area (Å²) in [5.41, 5.74) is 0.168. The Morgan fingerprint density at radius 2 is 2.23 bits per heavy atom. The van der Waals surface area contributed by atoms with Crippen LogP contribution in [-0.2, 0) is 4.74 Å². The van der Waals surface area contributed by atoms with E-state index in [0.717, 1.165) is 4.47 Å². The number of hydrogen-bond acceptors (Lipinski definition) is 3. The number of aromatic hydroxyl groups is 1. The van der Waals surface area contributed by atoms with Gasteiger partial charge in [0.1, 0.15) is 11.3 Å². The van der Waals surface area contributed by atoms with Crippen LogP contribution in [-0.4, -0.2) is 18.2 Å². The molecule has 0 radical (unpaired) electrons. The van der Waals surface area contributed by atoms with Crippen LogP contribution in [0.25, 0.3) is 0 Å². The molecule has 0 saturated carbocycles. The minimum absolute atomic E-state index is 0.0457. The Morgan fingerprint density at radius 3 is 2.77 bits per heavy atom. The molecule has 0 unspecified atom stereocenters. The number of hydrogen-bond donors (Lipinski definition) is 1. The van der Waals surface area contributed by atoms with Crippen LogP contribution in [0.1, 0.15) is 10.4 Å². The van der Waals surface area contributed by atoms with E-state index in [-0.39, 0.29) is 11.3 Å². The van der Waals surface area contributed by atoms with Crippen molar-refractivity contribution in [1.29, 1.82) is 0 Å². The van der Waals surface area contributed by atoms with Gasteiger partial charge in [0.05, 0.1) is 10.7 Å². The van der Waals surface area contributed by atoms with Gasteiger partial charge in [-0.05, 0) is 34.7 Å². The van der Waals surface area contributed by atoms with E-state index in [2.05, 4.69) is 20.7 Å². The van der Waals surface area contributed by atoms with Crippen LogP contribution in [0.5, 0.6) is 5.75 Å². The lowest BCUT2D eigenvalue weighted by atomic mass is 10.2. The summed E-state index contributed by atoms with van der Waals surface area (Å²) >= 11 is 5.16. The first-order chi connectivity index (χ1) is 6.06. The van der Waals surface area contributed by atoms with Crippen LogP contribution in [0.2, 0.25) is 0 Å². The third-order valence-corrected chi connectivity index (χ3v) is 2.71. The summed E-state index contributed by atoms with van der Waals surface area (Å²) in [5.74, 6) is -0.590. The zero-order valence-electron chi connectivity index (χ0n) is 6.67. The predicted octanol–water partition coefficient (Wildman–Crippen LogP) is 2.55. The Balaban J connectivity index is 3.28. The Hall–Kier alpha value is -0.300. The standard InChI is InChI=1S/C8H6BrIO3/c1-13-8(12)5-2-4(9)3-6(10)7(5)11/h2-3,11H,1H3. The van der Waals surface area contributed by atoms with Crippen LogP contribution >= 0.6 is 38.5 Å². The Kier molecular flexibility index (Phi) is 3.55. The van der Waals surface area contributed by atoms with Gasteiger partial charge in [-0.3, -0.25) is 0 Å². The van der Waals surface area contributed by atoms with E-state index in [0.29, 0.717) is 3.57 Å². The first kappa shape index (κ1) is 10.8. The first-order valence-electron chi connectivity index (χ1n) is 3.32. The summed E-state index contributed by atoms with van der Waals surface area (Å²) < 4.78 is 5.84. The van der Waals surface area contributed by atoms with Crippen LogP contribution in [0.3, 0.4) is 0 Å². The molecule has 0 heterocycles. The maximum atomic E-state index is 11.1. The Morgan fingerprint density at radius 1 is 1.62 bits per heavy atom. The number of phenolic OH excluding ortho intramolecular Hbond substituents is 1. The van der Waals surface area contributed by atoms with Crippen molar-refractivity contribution in [2.75, 3.05) is 7.11 Å². The summed E-state index contributed by atoms with van der Waals surface area (Å²) in [6.45, 7) is 0. The van der Waals surface area contributed by atoms with Crippen LogP contribution in [0.4, 0.5) is 0 Å². The number of ether oxygens (including phenoxy) is 1. The van der Waals surface area contributed by atoms with Crippen molar-refractivity contribution in [3.05, 3.63) is 25.7 Å². The van der Waals surface area contributed by atoms with Crippen molar-refractivity contribution in [3.8, 4) is 5.75 Å². The lowest BCUT2D eigenvalue weighted by Crippen LogP contribution is -2.02. The largest absolute Gasteiger partial charge is 0.506 e. The second-order valence-electron chi connectivity index (χ2n) is 2.28. The zero-order valence-corrected chi connectivity index (χ0v) is 10.4. The van der Waals surface area contributed by atoms with Crippen LogP contribution < -0.4 is 0 Å². The van der Waals surface area contributed by atoms with Crippen LogP contribution in [0.15, 0.2) is 16.6 Å². The fourth-order valence-corrected chi connectivity index (χ4v) is 2.34. The quantitative estimate of drug-likeness (QED) is 0.621. The lowest BCUT2D eigenvalue weighted by Gasteiger charge is -2.04. The number of benzene rings is 1. The molecule has 0 amide bonds. The third-order valence-electron chi connectivity index (χ3n) is 1.43. The molecule has 0 bridgehead atoms. The van der Waals surface area contributed by atoms with E-state index in [9.17, 15) is 9.90 Å². The molecule has 1 N–H and O–H groups in total. The van der Waals surface area contributed by atoms with Crippen molar-refractivity contribution in [2.24, 2.45) is 0 Å². The SMILES string of the molecule is COC(=O)c1cc(Br)cc(I)c1O. The molecule has 13 heavy (non-hydrogen) atoms. The number of rotatable bonds is 1. The Labute approximate surface area is 97.4 Å². The van der Waals surface area contributed by atoms with E-state index in [1.165, 1.54) is 13.2 Å². The Bertz CT molecular complexity index is 351. The molecule has 1 rings (SSSR count). The van der Waals surface area contributed by atoms with Crippen LogP contribution in [0, 0.1) is 3.57 Å². The van der Waals surface area contributed by atoms with Gasteiger partial charge in [-0.15, -0.1) is 0 Å². The summed E-state index contributed by atoms with van der Waals surface area (Å²) in [4.78, 5) is 11.1. The lowest BCUT2D eigenvalue weighted by molar-refractivity contribution is 0.0597. The molecule has 0 aliphatic heterocycles. The van der Waals surface area contributed by atoms with Crippen molar-refractivity contribution in [1.82, 2.24) is 0 Å². The number of phenols is 1. The van der Waals surface area contributed by atoms with Gasteiger partial charge < -0.3 is 9.84 Å². The molecule has 0 spiro atoms. The minimum atomic E-state index is -0.545. The highest BCUT2D eigenvalue weighted by atomic mass is 127. The van der Waals surface area contributed by atoms with E-state index >= 15 is 0 Å². The number of carbonyl (C=O) groups is 1. The molecule has 1 aromatic rings. The van der Waals surface area contributed by atoms with Gasteiger partial charge in [-0.1, -0.05) is 15.9 Å². The molecule has 0 aliphatic carbocycles. The van der Waals surface area contributed by atoms with Gasteiger partial charge in [-0.2, -0.15) is 0 Å². The number of esters is 1. The second kappa shape index (κ2) is 4.28. The third kappa shape index (κ3) is 2.34. The normalized spacial score (nSPS) is 9.77. The van der Waals surface area contributed by atoms with Gasteiger partial charge in [0, 0.05) is 4.47 Å². The van der Waals surface area contributed by atoms with Gasteiger partial charge in [0.2, 0.25) is 0 Å². The summed E-state index contributed by atoms with van der Waals surface area (Å²) in [5, 5.41) is 9.49. The molecule has 0 atom stereocenters. The van der Waals surface area contributed by atoms with E-state index in [1.807, 2.05) is 22.6 Å². The molecular weight excluding hydrogens is 351 g/mol. The summed E-state index contributed by atoms with van der Waals surface area (Å²) in [6.07, 6.45) is 0. The number of carbonyl (C=O) groups excluding carboxylic acids is 1. The van der Waals surface area contributed by atoms with E-state index in [4.69, 9.17) is 0 Å². The molecule has 5 heteroatoms. The van der Waals surface area contributed by atoms with Crippen molar-refractivity contribution < 1.29 is 14.6 Å². The summed E-state index contributed by atoms with van der Waals surface area (Å²) in [7, 11) is 1.27. The first-order valence-corrected chi connectivity index (χ1v) is 5.19. The predicted molar refractivity (Wildman–Crippen MR) is 59.9 cm³/mol. The van der Waals surface area contributed by atoms with Gasteiger partial charge in [0.25, 0.3) is 0 Å². The molecule has 70 valence electrons. The molecule has 1 aromatic carbocycles.